The zero-order chi connectivity index (χ0) is 13.2. The molecule has 1 rings (SSSR count). The second kappa shape index (κ2) is 5.08. The molecule has 6 heteroatoms. The van der Waals surface area contributed by atoms with Gasteiger partial charge in [-0.15, -0.1) is 0 Å². The van der Waals surface area contributed by atoms with E-state index in [1.165, 1.54) is 6.20 Å². The van der Waals surface area contributed by atoms with Crippen LogP contribution in [0.5, 0.6) is 0 Å². The number of hydrogen-bond acceptors (Lipinski definition) is 2. The fourth-order valence-corrected chi connectivity index (χ4v) is 1.54. The van der Waals surface area contributed by atoms with E-state index in [0.29, 0.717) is 0 Å². The molecule has 1 N–H and O–H groups in total. The molecule has 0 radical (unpaired) electrons. The average molecular weight is 249 g/mol. The molecule has 0 aliphatic heterocycles. The average Bonchev–Trinajstić information content (AvgIpc) is 2.57. The maximum absolute atomic E-state index is 12.9. The molecule has 0 aliphatic carbocycles. The van der Waals surface area contributed by atoms with Crippen molar-refractivity contribution in [1.29, 1.82) is 0 Å². The number of nitrogens with one attached hydrogen (secondary N) is 1. The summed E-state index contributed by atoms with van der Waals surface area (Å²) in [5.74, 6) is 0. The third-order valence-corrected chi connectivity index (χ3v) is 2.33. The lowest BCUT2D eigenvalue weighted by Gasteiger charge is -2.16. The Kier molecular flexibility index (Phi) is 4.19. The van der Waals surface area contributed by atoms with E-state index in [9.17, 15) is 13.2 Å². The number of alkyl halides is 3. The van der Waals surface area contributed by atoms with Gasteiger partial charge >= 0.3 is 6.18 Å². The van der Waals surface area contributed by atoms with Crippen LogP contribution in [0.15, 0.2) is 6.20 Å². The molecule has 3 nitrogen and oxygen atoms in total. The van der Waals surface area contributed by atoms with Crippen molar-refractivity contribution >= 4 is 0 Å². The minimum absolute atomic E-state index is 0.137. The molecule has 1 aromatic rings. The van der Waals surface area contributed by atoms with Crippen LogP contribution in [-0.4, -0.2) is 15.8 Å². The van der Waals surface area contributed by atoms with E-state index in [1.807, 2.05) is 13.8 Å². The first-order valence-corrected chi connectivity index (χ1v) is 5.60. The van der Waals surface area contributed by atoms with Crippen LogP contribution in [0.2, 0.25) is 0 Å². The largest absolute Gasteiger partial charge is 0.433 e. The normalized spacial score (nSPS) is 12.8. The van der Waals surface area contributed by atoms with E-state index in [4.69, 9.17) is 0 Å². The molecule has 1 aromatic heterocycles. The summed E-state index contributed by atoms with van der Waals surface area (Å²) >= 11 is 0. The van der Waals surface area contributed by atoms with Crippen LogP contribution in [0.4, 0.5) is 13.2 Å². The molecule has 98 valence electrons. The van der Waals surface area contributed by atoms with Crippen molar-refractivity contribution in [2.24, 2.45) is 0 Å². The molecule has 17 heavy (non-hydrogen) atoms. The van der Waals surface area contributed by atoms with Crippen molar-refractivity contribution in [3.05, 3.63) is 17.5 Å². The third-order valence-electron chi connectivity index (χ3n) is 2.33. The molecule has 0 saturated carbocycles. The van der Waals surface area contributed by atoms with Crippen molar-refractivity contribution in [1.82, 2.24) is 15.1 Å². The van der Waals surface area contributed by atoms with Crippen molar-refractivity contribution in [3.63, 3.8) is 0 Å². The lowest BCUT2D eigenvalue weighted by atomic mass is 10.2. The van der Waals surface area contributed by atoms with Crippen LogP contribution in [0, 0.1) is 0 Å². The maximum Gasteiger partial charge on any atom is 0.433 e. The SMILES string of the molecule is CC(C)NCc1cnn(C(C)C)c1C(F)(F)F. The Bertz CT molecular complexity index is 367. The Morgan fingerprint density at radius 2 is 1.88 bits per heavy atom. The van der Waals surface area contributed by atoms with Crippen molar-refractivity contribution in [3.8, 4) is 0 Å². The van der Waals surface area contributed by atoms with E-state index in [0.717, 1.165) is 4.68 Å². The summed E-state index contributed by atoms with van der Waals surface area (Å²) in [6.07, 6.45) is -3.08. The van der Waals surface area contributed by atoms with Gasteiger partial charge in [0.2, 0.25) is 0 Å². The lowest BCUT2D eigenvalue weighted by molar-refractivity contribution is -0.145. The fourth-order valence-electron chi connectivity index (χ4n) is 1.54. The van der Waals surface area contributed by atoms with E-state index in [2.05, 4.69) is 10.4 Å². The van der Waals surface area contributed by atoms with Gasteiger partial charge in [0.05, 0.1) is 6.20 Å². The minimum Gasteiger partial charge on any atom is -0.310 e. The van der Waals surface area contributed by atoms with Crippen LogP contribution in [-0.2, 0) is 12.7 Å². The van der Waals surface area contributed by atoms with E-state index in [-0.39, 0.29) is 24.2 Å². The van der Waals surface area contributed by atoms with Crippen LogP contribution in [0.25, 0.3) is 0 Å². The first kappa shape index (κ1) is 14.0. The summed E-state index contributed by atoms with van der Waals surface area (Å²) in [7, 11) is 0. The Balaban J connectivity index is 3.06. The van der Waals surface area contributed by atoms with Gasteiger partial charge in [0.1, 0.15) is 5.69 Å². The number of aromatic nitrogens is 2. The summed E-state index contributed by atoms with van der Waals surface area (Å²) < 4.78 is 39.8. The highest BCUT2D eigenvalue weighted by molar-refractivity contribution is 5.21. The third kappa shape index (κ3) is 3.46. The molecule has 0 fully saturated rings. The smallest absolute Gasteiger partial charge is 0.310 e. The van der Waals surface area contributed by atoms with E-state index >= 15 is 0 Å². The Hall–Kier alpha value is -1.04. The second-order valence-corrected chi connectivity index (χ2v) is 4.59. The monoisotopic (exact) mass is 249 g/mol. The van der Waals surface area contributed by atoms with Crippen LogP contribution >= 0.6 is 0 Å². The van der Waals surface area contributed by atoms with E-state index < -0.39 is 11.9 Å². The molecule has 1 heterocycles. The second-order valence-electron chi connectivity index (χ2n) is 4.59. The minimum atomic E-state index is -4.37. The Morgan fingerprint density at radius 3 is 2.29 bits per heavy atom. The molecule has 0 aliphatic rings. The van der Waals surface area contributed by atoms with Crippen LogP contribution < -0.4 is 5.32 Å². The van der Waals surface area contributed by atoms with Gasteiger partial charge in [0, 0.05) is 24.2 Å². The van der Waals surface area contributed by atoms with Gasteiger partial charge in [0.15, 0.2) is 0 Å². The van der Waals surface area contributed by atoms with Crippen LogP contribution in [0.3, 0.4) is 0 Å². The molecule has 0 aromatic carbocycles. The summed E-state index contributed by atoms with van der Waals surface area (Å²) in [5.41, 5.74) is -0.458. The predicted molar refractivity (Wildman–Crippen MR) is 59.6 cm³/mol. The van der Waals surface area contributed by atoms with Crippen LogP contribution in [0.1, 0.15) is 45.0 Å². The van der Waals surface area contributed by atoms with Gasteiger partial charge in [-0.25, -0.2) is 0 Å². The molecule has 0 saturated heterocycles. The van der Waals surface area contributed by atoms with Gasteiger partial charge in [-0.3, -0.25) is 4.68 Å². The predicted octanol–water partition coefficient (Wildman–Crippen LogP) is 2.98. The van der Waals surface area contributed by atoms with Gasteiger partial charge in [0.25, 0.3) is 0 Å². The molecule has 0 atom stereocenters. The zero-order valence-corrected chi connectivity index (χ0v) is 10.5. The number of hydrogen-bond donors (Lipinski definition) is 1. The first-order chi connectivity index (χ1) is 7.73. The number of rotatable bonds is 4. The number of halogens is 3. The van der Waals surface area contributed by atoms with Gasteiger partial charge in [-0.05, 0) is 13.8 Å². The molecule has 0 bridgehead atoms. The molecular weight excluding hydrogens is 231 g/mol. The van der Waals surface area contributed by atoms with Gasteiger partial charge in [-0.2, -0.15) is 18.3 Å². The maximum atomic E-state index is 12.9. The highest BCUT2D eigenvalue weighted by Gasteiger charge is 2.38. The van der Waals surface area contributed by atoms with E-state index in [1.54, 1.807) is 13.8 Å². The highest BCUT2D eigenvalue weighted by atomic mass is 19.4. The number of nitrogens with zero attached hydrogens (tertiary/aromatic N) is 2. The van der Waals surface area contributed by atoms with Gasteiger partial charge < -0.3 is 5.32 Å². The topological polar surface area (TPSA) is 29.9 Å². The zero-order valence-electron chi connectivity index (χ0n) is 10.5. The van der Waals surface area contributed by atoms with Crippen molar-refractivity contribution in [2.45, 2.75) is 52.5 Å². The highest BCUT2D eigenvalue weighted by Crippen LogP contribution is 2.33. The Labute approximate surface area is 99.0 Å². The first-order valence-electron chi connectivity index (χ1n) is 5.60. The molecule has 0 spiro atoms. The molecule has 0 unspecified atom stereocenters. The quantitative estimate of drug-likeness (QED) is 0.889. The summed E-state index contributed by atoms with van der Waals surface area (Å²) in [5, 5.41) is 6.79. The lowest BCUT2D eigenvalue weighted by Crippen LogP contribution is -2.24. The summed E-state index contributed by atoms with van der Waals surface area (Å²) in [6, 6.07) is -0.169. The van der Waals surface area contributed by atoms with Crippen molar-refractivity contribution < 1.29 is 13.2 Å². The fraction of sp³-hybridized carbons (Fsp3) is 0.727. The van der Waals surface area contributed by atoms with Crippen molar-refractivity contribution in [2.75, 3.05) is 0 Å². The molecular formula is C11H18F3N3. The Morgan fingerprint density at radius 1 is 1.29 bits per heavy atom. The summed E-state index contributed by atoms with van der Waals surface area (Å²) in [4.78, 5) is 0. The molecule has 0 amide bonds. The standard InChI is InChI=1S/C11H18F3N3/c1-7(2)15-5-9-6-16-17(8(3)4)10(9)11(12,13)14/h6-8,15H,5H2,1-4H3. The van der Waals surface area contributed by atoms with Gasteiger partial charge in [-0.1, -0.05) is 13.8 Å². The summed E-state index contributed by atoms with van der Waals surface area (Å²) in [6.45, 7) is 7.32.